The summed E-state index contributed by atoms with van der Waals surface area (Å²) >= 11 is 0. The number of nitrogens with zero attached hydrogens (tertiary/aromatic N) is 2. The molecule has 1 aromatic heterocycles. The van der Waals surface area contributed by atoms with Gasteiger partial charge in [-0.15, -0.1) is 0 Å². The van der Waals surface area contributed by atoms with Gasteiger partial charge in [-0.3, -0.25) is 0 Å². The van der Waals surface area contributed by atoms with Crippen molar-refractivity contribution in [1.29, 1.82) is 0 Å². The molecule has 2 atom stereocenters. The van der Waals surface area contributed by atoms with E-state index in [1.165, 1.54) is 24.3 Å². The minimum atomic E-state index is -4.78. The molecule has 1 aromatic carbocycles. The minimum Gasteiger partial charge on any atom is -0.469 e. The first-order valence-corrected chi connectivity index (χ1v) is 10.4. The van der Waals surface area contributed by atoms with Crippen LogP contribution in [0.15, 0.2) is 35.4 Å². The number of hydrogen-bond donors (Lipinski definition) is 3. The van der Waals surface area contributed by atoms with Gasteiger partial charge in [0.2, 0.25) is 21.9 Å². The monoisotopic (exact) mass is 448 g/mol. The summed E-state index contributed by atoms with van der Waals surface area (Å²) in [7, 11) is -3.89. The second-order valence-corrected chi connectivity index (χ2v) is 8.11. The van der Waals surface area contributed by atoms with Crippen LogP contribution < -0.4 is 15.2 Å². The lowest BCUT2D eigenvalue weighted by atomic mass is 10.1. The molecular weight excluding hydrogens is 429 g/mol. The summed E-state index contributed by atoms with van der Waals surface area (Å²) in [6, 6.07) is 5.14. The van der Waals surface area contributed by atoms with Crippen LogP contribution >= 0.6 is 0 Å². The minimum absolute atomic E-state index is 0.0831. The van der Waals surface area contributed by atoms with Crippen molar-refractivity contribution in [2.45, 2.75) is 36.1 Å². The van der Waals surface area contributed by atoms with Crippen LogP contribution in [-0.2, 0) is 20.9 Å². The highest BCUT2D eigenvalue weighted by molar-refractivity contribution is 7.89. The number of primary sulfonamides is 1. The first-order chi connectivity index (χ1) is 14.0. The number of nitrogens with two attached hydrogens (primary N) is 1. The average molecular weight is 448 g/mol. The Morgan fingerprint density at radius 3 is 2.60 bits per heavy atom. The molecule has 3 rings (SSSR count). The topological polar surface area (TPSA) is 137 Å². The number of aliphatic hydroxyl groups is 1. The van der Waals surface area contributed by atoms with Gasteiger partial charge in [0.15, 0.2) is 0 Å². The maximum atomic E-state index is 13.4. The van der Waals surface area contributed by atoms with Gasteiger partial charge in [0.25, 0.3) is 0 Å². The van der Waals surface area contributed by atoms with E-state index in [-0.39, 0.29) is 17.5 Å². The van der Waals surface area contributed by atoms with Crippen molar-refractivity contribution in [3.8, 4) is 5.88 Å². The number of hydrogen-bond acceptors (Lipinski definition) is 8. The van der Waals surface area contributed by atoms with E-state index in [1.54, 1.807) is 0 Å². The van der Waals surface area contributed by atoms with E-state index in [1.807, 2.05) is 0 Å². The molecule has 1 fully saturated rings. The van der Waals surface area contributed by atoms with Crippen molar-refractivity contribution in [3.05, 3.63) is 36.0 Å². The van der Waals surface area contributed by atoms with Crippen LogP contribution in [0.25, 0.3) is 0 Å². The number of ether oxygens (including phenoxy) is 2. The Morgan fingerprint density at radius 2 is 1.97 bits per heavy atom. The molecule has 4 N–H and O–H groups in total. The number of aromatic nitrogens is 2. The van der Waals surface area contributed by atoms with Crippen molar-refractivity contribution in [2.75, 3.05) is 18.5 Å². The van der Waals surface area contributed by atoms with Crippen molar-refractivity contribution in [2.24, 2.45) is 5.14 Å². The summed E-state index contributed by atoms with van der Waals surface area (Å²) in [6.07, 6.45) is -5.37. The molecule has 0 saturated carbocycles. The average Bonchev–Trinajstić information content (AvgIpc) is 2.85. The highest BCUT2D eigenvalue weighted by Gasteiger charge is 2.38. The molecule has 2 unspecified atom stereocenters. The molecule has 30 heavy (non-hydrogen) atoms. The highest BCUT2D eigenvalue weighted by Crippen LogP contribution is 2.36. The molecule has 13 heteroatoms. The second-order valence-electron chi connectivity index (χ2n) is 6.55. The predicted octanol–water partition coefficient (Wildman–Crippen LogP) is 1.81. The largest absolute Gasteiger partial charge is 0.469 e. The summed E-state index contributed by atoms with van der Waals surface area (Å²) in [5, 5.41) is 17.8. The van der Waals surface area contributed by atoms with Crippen LogP contribution in [0.4, 0.5) is 24.8 Å². The number of sulfonamides is 1. The molecule has 164 valence electrons. The van der Waals surface area contributed by atoms with E-state index in [0.29, 0.717) is 31.3 Å². The van der Waals surface area contributed by atoms with Crippen LogP contribution in [0.5, 0.6) is 5.88 Å². The quantitative estimate of drug-likeness (QED) is 0.630. The number of anilines is 2. The fourth-order valence-electron chi connectivity index (χ4n) is 2.71. The summed E-state index contributed by atoms with van der Waals surface area (Å²) in [4.78, 5) is 7.30. The van der Waals surface area contributed by atoms with Crippen molar-refractivity contribution >= 4 is 21.7 Å². The van der Waals surface area contributed by atoms with E-state index in [4.69, 9.17) is 14.6 Å². The molecular formula is C17H19F3N4O5S. The summed E-state index contributed by atoms with van der Waals surface area (Å²) < 4.78 is 73.3. The lowest BCUT2D eigenvalue weighted by molar-refractivity contribution is -0.140. The van der Waals surface area contributed by atoms with Crippen LogP contribution in [0.3, 0.4) is 0 Å². The molecule has 0 radical (unpaired) electrons. The zero-order valence-corrected chi connectivity index (χ0v) is 16.3. The molecule has 0 bridgehead atoms. The van der Waals surface area contributed by atoms with Crippen LogP contribution in [0.1, 0.15) is 18.4 Å². The summed E-state index contributed by atoms with van der Waals surface area (Å²) in [6.45, 7) is 0.286. The molecule has 1 saturated heterocycles. The molecule has 0 amide bonds. The molecule has 2 aromatic rings. The van der Waals surface area contributed by atoms with Crippen molar-refractivity contribution in [1.82, 2.24) is 9.97 Å². The number of aliphatic hydroxyl groups excluding tert-OH is 1. The third-order valence-electron chi connectivity index (χ3n) is 4.26. The lowest BCUT2D eigenvalue weighted by Gasteiger charge is -2.22. The van der Waals surface area contributed by atoms with Crippen LogP contribution in [-0.4, -0.2) is 48.9 Å². The van der Waals surface area contributed by atoms with Crippen molar-refractivity contribution in [3.63, 3.8) is 0 Å². The fourth-order valence-corrected chi connectivity index (χ4v) is 3.23. The molecule has 0 aliphatic carbocycles. The molecule has 1 aliphatic heterocycles. The smallest absolute Gasteiger partial charge is 0.423 e. The standard InChI is InChI=1S/C17H19F3N4O5S/c18-17(19,20)12-8-22-16(23-10-3-5-11(6-4-10)30(21,26)27)24-15(12)29-14-9-28-7-1-2-13(14)25/h3-6,8,13-14,25H,1-2,7,9H2,(H2,21,26,27)(H,22,23,24). The van der Waals surface area contributed by atoms with Crippen LogP contribution in [0.2, 0.25) is 0 Å². The first kappa shape index (κ1) is 22.2. The Hall–Kier alpha value is -2.48. The van der Waals surface area contributed by atoms with Gasteiger partial charge in [-0.05, 0) is 37.1 Å². The summed E-state index contributed by atoms with van der Waals surface area (Å²) in [5.74, 6) is -0.971. The number of halogens is 3. The number of rotatable bonds is 5. The van der Waals surface area contributed by atoms with E-state index in [0.717, 1.165) is 0 Å². The SMILES string of the molecule is NS(=O)(=O)c1ccc(Nc2ncc(C(F)(F)F)c(OC3COCCCC3O)n2)cc1. The first-order valence-electron chi connectivity index (χ1n) is 8.80. The van der Waals surface area contributed by atoms with Gasteiger partial charge in [0.05, 0.1) is 17.6 Å². The molecule has 9 nitrogen and oxygen atoms in total. The van der Waals surface area contributed by atoms with E-state index < -0.39 is 39.9 Å². The van der Waals surface area contributed by atoms with E-state index in [2.05, 4.69) is 15.3 Å². The maximum absolute atomic E-state index is 13.4. The Kier molecular flexibility index (Phi) is 6.45. The van der Waals surface area contributed by atoms with Gasteiger partial charge in [-0.1, -0.05) is 0 Å². The Labute approximate surface area is 170 Å². The summed E-state index contributed by atoms with van der Waals surface area (Å²) in [5.41, 5.74) is -0.889. The highest BCUT2D eigenvalue weighted by atomic mass is 32.2. The Balaban J connectivity index is 1.86. The zero-order valence-electron chi connectivity index (χ0n) is 15.5. The van der Waals surface area contributed by atoms with Gasteiger partial charge in [0.1, 0.15) is 11.7 Å². The van der Waals surface area contributed by atoms with E-state index >= 15 is 0 Å². The van der Waals surface area contributed by atoms with Crippen molar-refractivity contribution < 1.29 is 36.2 Å². The normalized spacial score (nSPS) is 20.4. The fraction of sp³-hybridized carbons (Fsp3) is 0.412. The van der Waals surface area contributed by atoms with Gasteiger partial charge >= 0.3 is 6.18 Å². The lowest BCUT2D eigenvalue weighted by Crippen LogP contribution is -2.35. The predicted molar refractivity (Wildman–Crippen MR) is 98.6 cm³/mol. The van der Waals surface area contributed by atoms with Gasteiger partial charge < -0.3 is 19.9 Å². The third-order valence-corrected chi connectivity index (χ3v) is 5.19. The Morgan fingerprint density at radius 1 is 1.27 bits per heavy atom. The third kappa shape index (κ3) is 5.56. The van der Waals surface area contributed by atoms with Gasteiger partial charge in [0, 0.05) is 18.5 Å². The number of nitrogens with one attached hydrogen (secondary N) is 1. The molecule has 1 aliphatic rings. The second kappa shape index (κ2) is 8.71. The molecule has 0 spiro atoms. The van der Waals surface area contributed by atoms with E-state index in [9.17, 15) is 26.7 Å². The van der Waals surface area contributed by atoms with Crippen LogP contribution in [0, 0.1) is 0 Å². The Bertz CT molecular complexity index is 986. The molecule has 2 heterocycles. The number of alkyl halides is 3. The van der Waals surface area contributed by atoms with Gasteiger partial charge in [-0.25, -0.2) is 18.5 Å². The zero-order chi connectivity index (χ0) is 21.9. The number of benzene rings is 1. The maximum Gasteiger partial charge on any atom is 0.423 e. The van der Waals surface area contributed by atoms with Gasteiger partial charge in [-0.2, -0.15) is 18.2 Å².